The van der Waals surface area contributed by atoms with Crippen LogP contribution >= 0.6 is 0 Å². The third-order valence-electron chi connectivity index (χ3n) is 2.79. The van der Waals surface area contributed by atoms with Gasteiger partial charge in [-0.25, -0.2) is 9.98 Å². The van der Waals surface area contributed by atoms with Crippen LogP contribution in [0.5, 0.6) is 0 Å². The average molecular weight is 230 g/mol. The third-order valence-corrected chi connectivity index (χ3v) is 2.79. The highest BCUT2D eigenvalue weighted by Gasteiger charge is 2.25. The fourth-order valence-electron chi connectivity index (χ4n) is 1.99. The van der Waals surface area contributed by atoms with Gasteiger partial charge in [-0.2, -0.15) is 0 Å². The molecule has 4 nitrogen and oxygen atoms in total. The Hall–Kier alpha value is -1.84. The summed E-state index contributed by atoms with van der Waals surface area (Å²) in [5, 5.41) is 0. The van der Waals surface area contributed by atoms with Crippen LogP contribution in [0.4, 0.5) is 0 Å². The lowest BCUT2D eigenvalue weighted by Gasteiger charge is -2.03. The standard InChI is InChI=1S/C13H14N2O2/c1-2-4-10(5-3-1)8-11-9-17-13(15-11)12-14-6-7-16-12/h1-5,11H,6-9H2/t11-/m0/s1. The number of hydrogen-bond acceptors (Lipinski definition) is 4. The monoisotopic (exact) mass is 230 g/mol. The van der Waals surface area contributed by atoms with Gasteiger partial charge in [0, 0.05) is 0 Å². The molecule has 0 unspecified atom stereocenters. The Kier molecular flexibility index (Phi) is 2.78. The summed E-state index contributed by atoms with van der Waals surface area (Å²) in [6.07, 6.45) is 0.900. The van der Waals surface area contributed by atoms with Gasteiger partial charge >= 0.3 is 0 Å². The van der Waals surface area contributed by atoms with E-state index in [4.69, 9.17) is 9.47 Å². The molecule has 0 bridgehead atoms. The average Bonchev–Trinajstić information content (AvgIpc) is 3.00. The number of hydrogen-bond donors (Lipinski definition) is 0. The first kappa shape index (κ1) is 10.3. The largest absolute Gasteiger partial charge is 0.472 e. The van der Waals surface area contributed by atoms with Crippen LogP contribution < -0.4 is 0 Å². The molecule has 0 aliphatic carbocycles. The molecule has 0 N–H and O–H groups in total. The second kappa shape index (κ2) is 4.57. The lowest BCUT2D eigenvalue weighted by Crippen LogP contribution is -2.14. The second-order valence-corrected chi connectivity index (χ2v) is 4.12. The molecule has 0 aromatic heterocycles. The first-order chi connectivity index (χ1) is 8.42. The van der Waals surface area contributed by atoms with Gasteiger partial charge in [0.2, 0.25) is 0 Å². The van der Waals surface area contributed by atoms with Gasteiger partial charge in [0.25, 0.3) is 11.8 Å². The van der Waals surface area contributed by atoms with Crippen molar-refractivity contribution in [2.75, 3.05) is 19.8 Å². The van der Waals surface area contributed by atoms with Crippen molar-refractivity contribution in [3.63, 3.8) is 0 Å². The van der Waals surface area contributed by atoms with Crippen LogP contribution in [0, 0.1) is 0 Å². The van der Waals surface area contributed by atoms with E-state index in [0.717, 1.165) is 6.42 Å². The minimum atomic E-state index is 0.180. The number of aliphatic imine (C=N–C) groups is 2. The maximum Gasteiger partial charge on any atom is 0.273 e. The van der Waals surface area contributed by atoms with Crippen molar-refractivity contribution < 1.29 is 9.47 Å². The zero-order chi connectivity index (χ0) is 11.5. The predicted octanol–water partition coefficient (Wildman–Crippen LogP) is 1.46. The molecule has 2 aliphatic rings. The van der Waals surface area contributed by atoms with Crippen molar-refractivity contribution in [3.8, 4) is 0 Å². The molecule has 0 amide bonds. The third kappa shape index (κ3) is 2.30. The SMILES string of the molecule is c1ccc(C[C@H]2COC(C3=NCCO3)=N2)cc1. The van der Waals surface area contributed by atoms with Crippen molar-refractivity contribution in [3.05, 3.63) is 35.9 Å². The number of nitrogens with zero attached hydrogens (tertiary/aromatic N) is 2. The molecule has 2 aliphatic heterocycles. The van der Waals surface area contributed by atoms with Crippen molar-refractivity contribution in [2.45, 2.75) is 12.5 Å². The maximum atomic E-state index is 5.52. The highest BCUT2D eigenvalue weighted by molar-refractivity contribution is 6.36. The highest BCUT2D eigenvalue weighted by atomic mass is 16.5. The van der Waals surface area contributed by atoms with Gasteiger partial charge in [0.05, 0.1) is 12.6 Å². The smallest absolute Gasteiger partial charge is 0.273 e. The van der Waals surface area contributed by atoms with Crippen molar-refractivity contribution >= 4 is 11.8 Å². The summed E-state index contributed by atoms with van der Waals surface area (Å²) in [5.41, 5.74) is 1.28. The Morgan fingerprint density at radius 2 is 2.00 bits per heavy atom. The molecule has 1 atom stereocenters. The normalized spacial score (nSPS) is 22.7. The van der Waals surface area contributed by atoms with E-state index in [0.29, 0.717) is 31.6 Å². The summed E-state index contributed by atoms with van der Waals surface area (Å²) in [5.74, 6) is 1.14. The number of rotatable bonds is 3. The van der Waals surface area contributed by atoms with Crippen LogP contribution in [-0.2, 0) is 15.9 Å². The van der Waals surface area contributed by atoms with Crippen LogP contribution in [0.2, 0.25) is 0 Å². The maximum absolute atomic E-state index is 5.52. The molecule has 2 heterocycles. The van der Waals surface area contributed by atoms with E-state index < -0.39 is 0 Å². The summed E-state index contributed by atoms with van der Waals surface area (Å²) in [4.78, 5) is 8.70. The van der Waals surface area contributed by atoms with Crippen molar-refractivity contribution in [1.29, 1.82) is 0 Å². The Bertz CT molecular complexity index is 454. The first-order valence-corrected chi connectivity index (χ1v) is 5.84. The summed E-state index contributed by atoms with van der Waals surface area (Å²) in [7, 11) is 0. The fraction of sp³-hybridized carbons (Fsp3) is 0.385. The van der Waals surface area contributed by atoms with Gasteiger partial charge in [-0.3, -0.25) is 0 Å². The molecule has 0 saturated carbocycles. The van der Waals surface area contributed by atoms with E-state index in [1.165, 1.54) is 5.56 Å². The predicted molar refractivity (Wildman–Crippen MR) is 65.6 cm³/mol. The van der Waals surface area contributed by atoms with E-state index in [-0.39, 0.29) is 6.04 Å². The van der Waals surface area contributed by atoms with E-state index in [9.17, 15) is 0 Å². The molecule has 0 radical (unpaired) electrons. The van der Waals surface area contributed by atoms with E-state index in [1.807, 2.05) is 18.2 Å². The zero-order valence-electron chi connectivity index (χ0n) is 9.50. The number of benzene rings is 1. The Balaban J connectivity index is 1.67. The lowest BCUT2D eigenvalue weighted by molar-refractivity contribution is 0.303. The van der Waals surface area contributed by atoms with Gasteiger partial charge in [-0.05, 0) is 12.0 Å². The summed E-state index contributed by atoms with van der Waals surface area (Å²) in [6, 6.07) is 10.5. The summed E-state index contributed by atoms with van der Waals surface area (Å²) < 4.78 is 10.8. The molecule has 3 rings (SSSR count). The van der Waals surface area contributed by atoms with Gasteiger partial charge in [-0.15, -0.1) is 0 Å². The number of ether oxygens (including phenoxy) is 2. The second-order valence-electron chi connectivity index (χ2n) is 4.12. The topological polar surface area (TPSA) is 43.2 Å². The van der Waals surface area contributed by atoms with E-state index >= 15 is 0 Å². The van der Waals surface area contributed by atoms with Gasteiger partial charge in [0.1, 0.15) is 13.2 Å². The molecule has 88 valence electrons. The molecule has 0 spiro atoms. The van der Waals surface area contributed by atoms with E-state index in [2.05, 4.69) is 22.1 Å². The van der Waals surface area contributed by atoms with Gasteiger partial charge < -0.3 is 9.47 Å². The quantitative estimate of drug-likeness (QED) is 0.789. The van der Waals surface area contributed by atoms with Crippen LogP contribution in [-0.4, -0.2) is 37.6 Å². The lowest BCUT2D eigenvalue weighted by atomic mass is 10.1. The van der Waals surface area contributed by atoms with Gasteiger partial charge in [0.15, 0.2) is 0 Å². The Morgan fingerprint density at radius 3 is 2.76 bits per heavy atom. The molecule has 0 fully saturated rings. The molecular weight excluding hydrogens is 216 g/mol. The first-order valence-electron chi connectivity index (χ1n) is 5.84. The molecule has 1 aromatic carbocycles. The Morgan fingerprint density at radius 1 is 1.12 bits per heavy atom. The van der Waals surface area contributed by atoms with Gasteiger partial charge in [-0.1, -0.05) is 30.3 Å². The highest BCUT2D eigenvalue weighted by Crippen LogP contribution is 2.13. The minimum Gasteiger partial charge on any atom is -0.472 e. The summed E-state index contributed by atoms with van der Waals surface area (Å²) in [6.45, 7) is 1.97. The minimum absolute atomic E-state index is 0.180. The van der Waals surface area contributed by atoms with Crippen LogP contribution in [0.25, 0.3) is 0 Å². The zero-order valence-corrected chi connectivity index (χ0v) is 9.50. The fourth-order valence-corrected chi connectivity index (χ4v) is 1.99. The van der Waals surface area contributed by atoms with Crippen LogP contribution in [0.3, 0.4) is 0 Å². The van der Waals surface area contributed by atoms with Crippen LogP contribution in [0.1, 0.15) is 5.56 Å². The van der Waals surface area contributed by atoms with Crippen molar-refractivity contribution in [1.82, 2.24) is 0 Å². The molecule has 4 heteroatoms. The van der Waals surface area contributed by atoms with Crippen LogP contribution in [0.15, 0.2) is 40.3 Å². The molecular formula is C13H14N2O2. The Labute approximate surface area is 100.0 Å². The van der Waals surface area contributed by atoms with Crippen molar-refractivity contribution in [2.24, 2.45) is 9.98 Å². The molecule has 1 aromatic rings. The molecule has 17 heavy (non-hydrogen) atoms. The van der Waals surface area contributed by atoms with E-state index in [1.54, 1.807) is 0 Å². The summed E-state index contributed by atoms with van der Waals surface area (Å²) >= 11 is 0. The molecule has 0 saturated heterocycles.